The second-order valence-corrected chi connectivity index (χ2v) is 4.03. The predicted octanol–water partition coefficient (Wildman–Crippen LogP) is 2.62. The summed E-state index contributed by atoms with van der Waals surface area (Å²) in [4.78, 5) is 4.99. The smallest absolute Gasteiger partial charge is 0.0190 e. The van der Waals surface area contributed by atoms with Gasteiger partial charge in [0, 0.05) is 19.6 Å². The Kier molecular flexibility index (Phi) is 8.73. The summed E-state index contributed by atoms with van der Waals surface area (Å²) in [5, 5.41) is 0. The van der Waals surface area contributed by atoms with Crippen molar-refractivity contribution in [3.05, 3.63) is 11.6 Å². The predicted molar refractivity (Wildman–Crippen MR) is 69.3 cm³/mol. The molecular formula is C13H28N2. The molecule has 0 fully saturated rings. The average Bonchev–Trinajstić information content (AvgIpc) is 2.28. The molecule has 0 radical (unpaired) electrons. The first kappa shape index (κ1) is 14.7. The lowest BCUT2D eigenvalue weighted by atomic mass is 10.2. The molecule has 0 aliphatic rings. The lowest BCUT2D eigenvalue weighted by Crippen LogP contribution is -2.35. The minimum Gasteiger partial charge on any atom is -0.303 e. The van der Waals surface area contributed by atoms with Gasteiger partial charge in [-0.1, -0.05) is 32.4 Å². The minimum absolute atomic E-state index is 1.12. The van der Waals surface area contributed by atoms with E-state index in [-0.39, 0.29) is 0 Å². The van der Waals surface area contributed by atoms with Crippen LogP contribution in [0.5, 0.6) is 0 Å². The second-order valence-electron chi connectivity index (χ2n) is 4.03. The van der Waals surface area contributed by atoms with Crippen LogP contribution in [0.2, 0.25) is 0 Å². The van der Waals surface area contributed by atoms with Crippen molar-refractivity contribution < 1.29 is 0 Å². The maximum atomic E-state index is 2.51. The Hall–Kier alpha value is -0.340. The molecule has 0 aromatic carbocycles. The molecule has 0 aromatic heterocycles. The number of likely N-dealkylation sites (N-methyl/N-ethyl adjacent to an activating group) is 2. The molecule has 15 heavy (non-hydrogen) atoms. The van der Waals surface area contributed by atoms with Gasteiger partial charge in [-0.05, 0) is 33.5 Å². The van der Waals surface area contributed by atoms with E-state index in [1.807, 2.05) is 0 Å². The Morgan fingerprint density at radius 3 is 1.80 bits per heavy atom. The van der Waals surface area contributed by atoms with Gasteiger partial charge >= 0.3 is 0 Å². The van der Waals surface area contributed by atoms with Gasteiger partial charge in [-0.25, -0.2) is 0 Å². The summed E-state index contributed by atoms with van der Waals surface area (Å²) in [6, 6.07) is 0. The first-order chi connectivity index (χ1) is 7.17. The van der Waals surface area contributed by atoms with Gasteiger partial charge in [-0.3, -0.25) is 4.90 Å². The lowest BCUT2D eigenvalue weighted by molar-refractivity contribution is 0.231. The van der Waals surface area contributed by atoms with Crippen LogP contribution >= 0.6 is 0 Å². The lowest BCUT2D eigenvalue weighted by Gasteiger charge is -2.25. The van der Waals surface area contributed by atoms with Crippen LogP contribution in [-0.4, -0.2) is 49.1 Å². The topological polar surface area (TPSA) is 6.48 Å². The zero-order valence-corrected chi connectivity index (χ0v) is 11.2. The monoisotopic (exact) mass is 212 g/mol. The Bertz CT molecular complexity index is 171. The van der Waals surface area contributed by atoms with E-state index in [2.05, 4.69) is 50.5 Å². The molecule has 0 N–H and O–H groups in total. The Morgan fingerprint density at radius 2 is 1.40 bits per heavy atom. The number of nitrogens with zero attached hydrogens (tertiary/aromatic N) is 2. The molecule has 0 bridgehead atoms. The number of rotatable bonds is 8. The largest absolute Gasteiger partial charge is 0.303 e. The second kappa shape index (κ2) is 8.93. The molecule has 0 saturated carbocycles. The highest BCUT2D eigenvalue weighted by molar-refractivity contribution is 4.98. The van der Waals surface area contributed by atoms with E-state index in [0.29, 0.717) is 0 Å². The van der Waals surface area contributed by atoms with E-state index in [1.165, 1.54) is 18.7 Å². The summed E-state index contributed by atoms with van der Waals surface area (Å²) < 4.78 is 0. The molecule has 0 heterocycles. The molecule has 0 rings (SSSR count). The molecular weight excluding hydrogens is 184 g/mol. The van der Waals surface area contributed by atoms with Crippen LogP contribution in [0.4, 0.5) is 0 Å². The number of hydrogen-bond donors (Lipinski definition) is 0. The molecule has 0 saturated heterocycles. The fourth-order valence-electron chi connectivity index (χ4n) is 1.62. The molecule has 0 spiro atoms. The summed E-state index contributed by atoms with van der Waals surface area (Å²) in [6.45, 7) is 18.0. The zero-order valence-electron chi connectivity index (χ0n) is 11.2. The molecule has 0 unspecified atom stereocenters. The van der Waals surface area contributed by atoms with Crippen molar-refractivity contribution in [2.24, 2.45) is 0 Å². The molecule has 90 valence electrons. The zero-order chi connectivity index (χ0) is 11.7. The van der Waals surface area contributed by atoms with Gasteiger partial charge in [0.25, 0.3) is 0 Å². The van der Waals surface area contributed by atoms with Crippen LogP contribution in [0.1, 0.15) is 34.6 Å². The Balaban J connectivity index is 3.89. The van der Waals surface area contributed by atoms with E-state index >= 15 is 0 Å². The van der Waals surface area contributed by atoms with Crippen molar-refractivity contribution in [3.8, 4) is 0 Å². The van der Waals surface area contributed by atoms with Crippen molar-refractivity contribution >= 4 is 0 Å². The first-order valence-corrected chi connectivity index (χ1v) is 6.24. The summed E-state index contributed by atoms with van der Waals surface area (Å²) in [6.07, 6.45) is 2.21. The fourth-order valence-corrected chi connectivity index (χ4v) is 1.62. The van der Waals surface area contributed by atoms with Crippen molar-refractivity contribution in [2.75, 3.05) is 39.3 Å². The van der Waals surface area contributed by atoms with Gasteiger partial charge in [0.2, 0.25) is 0 Å². The fraction of sp³-hybridized carbons (Fsp3) is 0.846. The van der Waals surface area contributed by atoms with Gasteiger partial charge < -0.3 is 4.90 Å². The molecule has 0 amide bonds. The van der Waals surface area contributed by atoms with Crippen LogP contribution in [0, 0.1) is 0 Å². The maximum Gasteiger partial charge on any atom is 0.0190 e. The molecule has 0 aliphatic heterocycles. The summed E-state index contributed by atoms with van der Waals surface area (Å²) in [7, 11) is 0. The Morgan fingerprint density at radius 1 is 0.933 bits per heavy atom. The third-order valence-electron chi connectivity index (χ3n) is 3.04. The van der Waals surface area contributed by atoms with E-state index < -0.39 is 0 Å². The third-order valence-corrected chi connectivity index (χ3v) is 3.04. The minimum atomic E-state index is 1.12. The summed E-state index contributed by atoms with van der Waals surface area (Å²) >= 11 is 0. The van der Waals surface area contributed by atoms with E-state index in [4.69, 9.17) is 0 Å². The molecule has 0 atom stereocenters. The third kappa shape index (κ3) is 6.69. The van der Waals surface area contributed by atoms with Gasteiger partial charge in [-0.2, -0.15) is 0 Å². The highest BCUT2D eigenvalue weighted by atomic mass is 15.2. The maximum absolute atomic E-state index is 2.51. The van der Waals surface area contributed by atoms with Crippen LogP contribution in [0.3, 0.4) is 0 Å². The van der Waals surface area contributed by atoms with Gasteiger partial charge in [0.15, 0.2) is 0 Å². The molecule has 2 nitrogen and oxygen atoms in total. The van der Waals surface area contributed by atoms with Crippen LogP contribution in [0.25, 0.3) is 0 Å². The SMILES string of the molecule is CC=C(C)CN(CC)CCN(CC)CC. The van der Waals surface area contributed by atoms with Crippen molar-refractivity contribution in [1.82, 2.24) is 9.80 Å². The average molecular weight is 212 g/mol. The van der Waals surface area contributed by atoms with Crippen molar-refractivity contribution in [2.45, 2.75) is 34.6 Å². The molecule has 0 aromatic rings. The number of allylic oxidation sites excluding steroid dienone is 1. The van der Waals surface area contributed by atoms with E-state index in [0.717, 1.165) is 26.2 Å². The van der Waals surface area contributed by atoms with Crippen LogP contribution in [0.15, 0.2) is 11.6 Å². The summed E-state index contributed by atoms with van der Waals surface area (Å²) in [5.41, 5.74) is 1.47. The van der Waals surface area contributed by atoms with Crippen molar-refractivity contribution in [3.63, 3.8) is 0 Å². The quantitative estimate of drug-likeness (QED) is 0.571. The first-order valence-electron chi connectivity index (χ1n) is 6.24. The highest BCUT2D eigenvalue weighted by Crippen LogP contribution is 1.98. The van der Waals surface area contributed by atoms with Crippen LogP contribution in [-0.2, 0) is 0 Å². The Labute approximate surface area is 95.9 Å². The summed E-state index contributed by atoms with van der Waals surface area (Å²) in [5.74, 6) is 0. The van der Waals surface area contributed by atoms with E-state index in [9.17, 15) is 0 Å². The highest BCUT2D eigenvalue weighted by Gasteiger charge is 2.05. The molecule has 0 aliphatic carbocycles. The molecule has 2 heteroatoms. The van der Waals surface area contributed by atoms with Gasteiger partial charge in [0.05, 0.1) is 0 Å². The van der Waals surface area contributed by atoms with Crippen LogP contribution < -0.4 is 0 Å². The van der Waals surface area contributed by atoms with E-state index in [1.54, 1.807) is 0 Å². The van der Waals surface area contributed by atoms with Crippen molar-refractivity contribution in [1.29, 1.82) is 0 Å². The standard InChI is InChI=1S/C13H28N2/c1-6-13(5)12-15(9-4)11-10-14(7-2)8-3/h6H,7-12H2,1-5H3. The number of hydrogen-bond acceptors (Lipinski definition) is 2. The normalized spacial score (nSPS) is 12.9. The van der Waals surface area contributed by atoms with Gasteiger partial charge in [0.1, 0.15) is 0 Å². The van der Waals surface area contributed by atoms with Gasteiger partial charge in [-0.15, -0.1) is 0 Å².